The van der Waals surface area contributed by atoms with Crippen molar-refractivity contribution in [2.75, 3.05) is 53.4 Å². The number of carbonyl (C=O) groups excluding carboxylic acids is 5. The quantitative estimate of drug-likeness (QED) is 0.119. The number of nitrogens with zero attached hydrogens (tertiary/aromatic N) is 5. The molecule has 0 spiro atoms. The number of likely N-dealkylation sites (N-methyl/N-ethyl adjacent to an activating group) is 1. The normalized spacial score (nSPS) is 9.54. The summed E-state index contributed by atoms with van der Waals surface area (Å²) in [5.41, 5.74) is -0.0965. The van der Waals surface area contributed by atoms with E-state index in [9.17, 15) is 38.4 Å². The summed E-state index contributed by atoms with van der Waals surface area (Å²) < 4.78 is 38.9. The van der Waals surface area contributed by atoms with Gasteiger partial charge in [-0.05, 0) is 20.8 Å². The van der Waals surface area contributed by atoms with Crippen molar-refractivity contribution in [1.82, 2.24) is 29.3 Å². The molecular weight excluding hydrogens is 1210 g/mol. The molecule has 0 aromatic carbocycles. The number of aromatic nitrogens is 2. The van der Waals surface area contributed by atoms with Gasteiger partial charge in [-0.2, -0.15) is 0 Å². The van der Waals surface area contributed by atoms with E-state index in [1.54, 1.807) is 13.1 Å². The zero-order valence-electron chi connectivity index (χ0n) is 31.5. The minimum atomic E-state index is -1.09. The van der Waals surface area contributed by atoms with Crippen molar-refractivity contribution in [3.63, 3.8) is 0 Å². The number of hydroxylamine groups is 2. The maximum absolute atomic E-state index is 11.3. The second-order valence-electron chi connectivity index (χ2n) is 8.68. The number of aliphatic carboxylic acids is 1. The molecule has 0 radical (unpaired) electrons. The summed E-state index contributed by atoms with van der Waals surface area (Å²) in [6.07, 6.45) is 2.20. The molecule has 0 unspecified atom stereocenters. The summed E-state index contributed by atoms with van der Waals surface area (Å²) in [5.74, 6) is -2.73. The first kappa shape index (κ1) is 51.5. The van der Waals surface area contributed by atoms with Crippen LogP contribution in [-0.4, -0.2) is 124 Å². The van der Waals surface area contributed by atoms with Gasteiger partial charge in [0.25, 0.3) is 11.5 Å². The Kier molecular flexibility index (Phi) is 40.1. The summed E-state index contributed by atoms with van der Waals surface area (Å²) in [5, 5.41) is 9.30. The van der Waals surface area contributed by atoms with Crippen molar-refractivity contribution in [2.45, 2.75) is 47.5 Å². The van der Waals surface area contributed by atoms with Crippen LogP contribution < -0.4 is 11.2 Å². The Morgan fingerprint density at radius 1 is 0.940 bits per heavy atom. The number of hydrogen-bond donors (Lipinski definition) is 5. The van der Waals surface area contributed by atoms with Gasteiger partial charge in [0.1, 0.15) is 12.8 Å². The van der Waals surface area contributed by atoms with Crippen molar-refractivity contribution in [1.29, 1.82) is 11.7 Å². The molecule has 1 heterocycles. The first-order valence-electron chi connectivity index (χ1n) is 15.4. The molecule has 0 saturated heterocycles. The fraction of sp³-hybridized carbons (Fsp3) is 0.536. The van der Waals surface area contributed by atoms with E-state index in [1.165, 1.54) is 87.4 Å². The third-order valence-electron chi connectivity index (χ3n) is 5.14. The molecule has 4 amide bonds. The average Bonchev–Trinajstić information content (AvgIpc) is 3.17. The molecule has 0 bridgehead atoms. The third kappa shape index (κ3) is 32.3. The van der Waals surface area contributed by atoms with Crippen LogP contribution in [-0.2, 0) is 92.5 Å². The van der Waals surface area contributed by atoms with E-state index in [0.717, 1.165) is 9.96 Å². The maximum atomic E-state index is 11.3. The molecule has 1 aromatic heterocycles. The first-order chi connectivity index (χ1) is 25.0. The van der Waals surface area contributed by atoms with Gasteiger partial charge in [0.2, 0.25) is 17.7 Å². The van der Waals surface area contributed by atoms with Crippen LogP contribution in [0.4, 0.5) is 0 Å². The van der Waals surface area contributed by atoms with Crippen LogP contribution in [0.15, 0.2) is 15.8 Å². The number of amides is 4. The van der Waals surface area contributed by atoms with E-state index in [2.05, 4.69) is 30.6 Å². The summed E-state index contributed by atoms with van der Waals surface area (Å²) in [6, 6.07) is 0.0769. The van der Waals surface area contributed by atoms with Gasteiger partial charge in [-0.25, -0.2) is 9.86 Å². The Morgan fingerprint density at radius 2 is 1.34 bits per heavy atom. The Bertz CT molecular complexity index is 1310. The monoisotopic (exact) mass is 1270 g/mol. The van der Waals surface area contributed by atoms with Crippen LogP contribution in [0.25, 0.3) is 0 Å². The van der Waals surface area contributed by atoms with E-state index < -0.39 is 24.7 Å². The average molecular weight is 1270 g/mol. The van der Waals surface area contributed by atoms with E-state index in [-0.39, 0.29) is 83.6 Å². The number of carboxylic acids is 1. The topological polar surface area (TPSA) is 271 Å². The Morgan fingerprint density at radius 3 is 1.66 bits per heavy atom. The number of aromatic amines is 1. The van der Waals surface area contributed by atoms with Crippen LogP contribution in [0.5, 0.6) is 0 Å². The van der Waals surface area contributed by atoms with E-state index >= 15 is 0 Å². The zero-order chi connectivity index (χ0) is 43.3. The van der Waals surface area contributed by atoms with Gasteiger partial charge in [0.05, 0.1) is 20.2 Å². The molecule has 22 heteroatoms. The molecular formula is C28H52N9O10Pt3-3. The second kappa shape index (κ2) is 38.9. The molecule has 0 aliphatic heterocycles. The number of hydrogen-bond acceptors (Lipinski definition) is 12. The SMILES string of the molecule is Cc1cn(C(C)C)c(=O)[nH]c1=O.[3HH].[3H]CC(=O)N(C[CH2-])CC(=O)N(C)OC.[3H]CC(=O)N(C[CH2-])CC(=O)O.[3H]CC(=O)N(C[CH2-])CC=O.[NH]=[Pt].[NH]=[Pt].[NH]=[Pt]. The van der Waals surface area contributed by atoms with Crippen LogP contribution in [0, 0.1) is 39.4 Å². The number of carboxylic acid groups (broad SMARTS) is 1. The number of aryl methyl sites for hydroxylation is 1. The van der Waals surface area contributed by atoms with Gasteiger partial charge >= 0.3 is 82.3 Å². The molecule has 5 N–H and O–H groups in total. The Hall–Kier alpha value is -2.88. The van der Waals surface area contributed by atoms with Crippen molar-refractivity contribution in [3.05, 3.63) is 53.4 Å². The van der Waals surface area contributed by atoms with Crippen molar-refractivity contribution >= 4 is 35.9 Å². The van der Waals surface area contributed by atoms with Crippen LogP contribution >= 0.6 is 0 Å². The molecule has 19 nitrogen and oxygen atoms in total. The molecule has 0 saturated carbocycles. The molecule has 1 aromatic rings. The predicted octanol–water partition coefficient (Wildman–Crippen LogP) is 0.869. The van der Waals surface area contributed by atoms with Gasteiger partial charge in [-0.1, -0.05) is 0 Å². The van der Waals surface area contributed by atoms with Crippen molar-refractivity contribution in [3.8, 4) is 0 Å². The summed E-state index contributed by atoms with van der Waals surface area (Å²) in [7, 11) is 2.81. The molecule has 302 valence electrons. The van der Waals surface area contributed by atoms with Crippen molar-refractivity contribution in [2.24, 2.45) is 0 Å². The number of rotatable bonds is 11. The number of nitrogens with one attached hydrogen (secondary N) is 4. The predicted molar refractivity (Wildman–Crippen MR) is 173 cm³/mol. The fourth-order valence-electron chi connectivity index (χ4n) is 2.49. The summed E-state index contributed by atoms with van der Waals surface area (Å²) >= 11 is 4.17. The van der Waals surface area contributed by atoms with Crippen LogP contribution in [0.1, 0.15) is 51.7 Å². The van der Waals surface area contributed by atoms with E-state index in [4.69, 9.17) is 21.0 Å². The van der Waals surface area contributed by atoms with Gasteiger partial charge < -0.3 is 45.4 Å². The van der Waals surface area contributed by atoms with Crippen LogP contribution in [0.3, 0.4) is 0 Å². The first-order valence-corrected chi connectivity index (χ1v) is 16.7. The summed E-state index contributed by atoms with van der Waals surface area (Å²) in [4.78, 5) is 96.2. The standard InChI is InChI=1S/C8H15N2O3.C8H12N2O2.C6H10NO3.C6H10NO2.3HN.3Pt.H2/c1-5-10(7(2)11)6-8(12)9(3)13-4;1-5(2)10-4-6(3)7(11)9-8(10)12;1-3-7(5(2)8)4-6(9)10;1-3-7(4-5-8)6(2)9;;;;;;;/h1,5-6H2,2-4H3;4-5H,1-3H3,(H,9,11,12);1,3-4H2,2H3,(H,9,10);5H,1,3-4H2,2H3;3*1H;;;;1H/q-1;;2*-1;;;;;;;/i2T;;2*2T;;;;;;;1+2. The molecule has 0 atom stereocenters. The van der Waals surface area contributed by atoms with Gasteiger partial charge in [0.15, 0.2) is 0 Å². The molecule has 0 fully saturated rings. The number of H-pyrrole nitrogens is 1. The number of carbonyl (C=O) groups is 6. The third-order valence-corrected chi connectivity index (χ3v) is 5.14. The van der Waals surface area contributed by atoms with Gasteiger partial charge in [-0.15, -0.1) is 19.6 Å². The molecule has 1 rings (SSSR count). The van der Waals surface area contributed by atoms with Crippen molar-refractivity contribution < 1.29 is 103 Å². The minimum absolute atomic E-state index is 0. The molecule has 50 heavy (non-hydrogen) atoms. The molecule has 0 aliphatic carbocycles. The molecule has 0 aliphatic rings. The van der Waals surface area contributed by atoms with Crippen LogP contribution in [0.2, 0.25) is 0 Å². The van der Waals surface area contributed by atoms with Gasteiger partial charge in [-0.3, -0.25) is 43.2 Å². The van der Waals surface area contributed by atoms with E-state index in [1.807, 2.05) is 13.8 Å². The summed E-state index contributed by atoms with van der Waals surface area (Å²) in [6.45, 7) is 14.7. The second-order valence-corrected chi connectivity index (χ2v) is 8.68. The fourth-order valence-corrected chi connectivity index (χ4v) is 2.49. The van der Waals surface area contributed by atoms with E-state index in [0.29, 0.717) is 11.8 Å². The Labute approximate surface area is 332 Å². The zero-order valence-corrected chi connectivity index (χ0v) is 35.3. The Balaban J connectivity index is -0.000000104. The van der Waals surface area contributed by atoms with Gasteiger partial charge in [0, 0.05) is 51.1 Å². The number of aldehydes is 1.